The highest BCUT2D eigenvalue weighted by molar-refractivity contribution is 6.49. The molecule has 1 heterocycles. The Kier molecular flexibility index (Phi) is 8.60. The van der Waals surface area contributed by atoms with Crippen molar-refractivity contribution in [2.24, 2.45) is 0 Å². The zero-order valence-electron chi connectivity index (χ0n) is 15.7. The van der Waals surface area contributed by atoms with E-state index in [9.17, 15) is 10.1 Å². The third-order valence-corrected chi connectivity index (χ3v) is 4.16. The number of aliphatic hydroxyl groups excluding tert-OH is 1. The molecule has 2 aromatic rings. The number of pyridine rings is 1. The lowest BCUT2D eigenvalue weighted by atomic mass is 9.74. The summed E-state index contributed by atoms with van der Waals surface area (Å²) in [7, 11) is -0.142. The van der Waals surface area contributed by atoms with E-state index in [1.54, 1.807) is 19.5 Å². The zero-order chi connectivity index (χ0) is 19.6. The van der Waals surface area contributed by atoms with Crippen molar-refractivity contribution in [1.29, 1.82) is 0 Å². The molecule has 1 unspecified atom stereocenters. The maximum absolute atomic E-state index is 9.73. The highest BCUT2D eigenvalue weighted by Gasteiger charge is 2.22. The van der Waals surface area contributed by atoms with Crippen LogP contribution in [0.5, 0.6) is 11.5 Å². The number of hydrogen-bond acceptors (Lipinski definition) is 7. The number of ether oxygens (including phenoxy) is 2. The van der Waals surface area contributed by atoms with Crippen LogP contribution in [0.25, 0.3) is 11.1 Å². The lowest BCUT2D eigenvalue weighted by Crippen LogP contribution is -2.24. The van der Waals surface area contributed by atoms with Crippen molar-refractivity contribution in [3.05, 3.63) is 42.2 Å². The molecule has 0 aliphatic heterocycles. The molecular formula is C18H25B2NO6. The molecule has 2 rings (SSSR count). The Hall–Kier alpha value is -2.06. The van der Waals surface area contributed by atoms with Gasteiger partial charge in [0.15, 0.2) is 11.5 Å². The van der Waals surface area contributed by atoms with Gasteiger partial charge in [-0.05, 0) is 42.1 Å². The lowest BCUT2D eigenvalue weighted by molar-refractivity contribution is 0.265. The van der Waals surface area contributed by atoms with Crippen LogP contribution in [0.4, 0.5) is 0 Å². The highest BCUT2D eigenvalue weighted by Crippen LogP contribution is 2.33. The Morgan fingerprint density at radius 2 is 2.00 bits per heavy atom. The van der Waals surface area contributed by atoms with Gasteiger partial charge in [0.05, 0.1) is 13.7 Å². The first-order valence-corrected chi connectivity index (χ1v) is 8.90. The molecule has 1 aromatic heterocycles. The molecule has 0 spiro atoms. The molecule has 0 bridgehead atoms. The fraction of sp³-hybridized carbons (Fsp3) is 0.389. The lowest BCUT2D eigenvalue weighted by Gasteiger charge is -2.17. The van der Waals surface area contributed by atoms with Crippen LogP contribution in [-0.2, 0) is 4.57 Å². The molecule has 1 atom stereocenters. The molecule has 9 heteroatoms. The summed E-state index contributed by atoms with van der Waals surface area (Å²) >= 11 is 0. The number of aromatic nitrogens is 1. The predicted octanol–water partition coefficient (Wildman–Crippen LogP) is 1.38. The van der Waals surface area contributed by atoms with Crippen LogP contribution >= 0.6 is 0 Å². The van der Waals surface area contributed by atoms with Crippen molar-refractivity contribution in [3.63, 3.8) is 0 Å². The molecule has 0 fully saturated rings. The number of nitrogens with zero attached hydrogens (tertiary/aromatic N) is 1. The fourth-order valence-electron chi connectivity index (χ4n) is 2.73. The van der Waals surface area contributed by atoms with E-state index in [0.717, 1.165) is 23.1 Å². The first-order valence-electron chi connectivity index (χ1n) is 8.90. The molecule has 3 N–H and O–H groups in total. The minimum atomic E-state index is -1.16. The topological polar surface area (TPSA) is 101 Å². The Balaban J connectivity index is 2.27. The number of benzene rings is 1. The van der Waals surface area contributed by atoms with Crippen LogP contribution in [-0.4, -0.2) is 55.3 Å². The van der Waals surface area contributed by atoms with Crippen LogP contribution in [0.2, 0.25) is 6.32 Å². The minimum Gasteiger partial charge on any atom is -0.493 e. The monoisotopic (exact) mass is 373 g/mol. The van der Waals surface area contributed by atoms with Crippen molar-refractivity contribution >= 4 is 14.8 Å². The van der Waals surface area contributed by atoms with Gasteiger partial charge < -0.3 is 29.2 Å². The summed E-state index contributed by atoms with van der Waals surface area (Å²) in [5.74, 6) is 0.953. The smallest absolute Gasteiger partial charge is 0.440 e. The Morgan fingerprint density at radius 1 is 1.19 bits per heavy atom. The van der Waals surface area contributed by atoms with Crippen molar-refractivity contribution in [3.8, 4) is 22.6 Å². The molecular weight excluding hydrogens is 348 g/mol. The van der Waals surface area contributed by atoms with E-state index in [2.05, 4.69) is 4.98 Å². The number of methoxy groups -OCH3 is 1. The van der Waals surface area contributed by atoms with Gasteiger partial charge in [0.25, 0.3) is 0 Å². The van der Waals surface area contributed by atoms with Gasteiger partial charge >= 0.3 is 14.8 Å². The normalized spacial score (nSPS) is 11.7. The number of aliphatic hydroxyl groups is 1. The summed E-state index contributed by atoms with van der Waals surface area (Å²) in [6, 6.07) is 7.56. The quantitative estimate of drug-likeness (QED) is 0.512. The predicted molar refractivity (Wildman–Crippen MR) is 105 cm³/mol. The molecule has 7 nitrogen and oxygen atoms in total. The minimum absolute atomic E-state index is 0.148. The molecule has 0 aliphatic carbocycles. The second-order valence-electron chi connectivity index (χ2n) is 6.09. The molecule has 0 aliphatic rings. The average molecular weight is 373 g/mol. The van der Waals surface area contributed by atoms with Gasteiger partial charge in [0.2, 0.25) is 0 Å². The van der Waals surface area contributed by atoms with Crippen LogP contribution in [0, 0.1) is 0 Å². The molecule has 1 aromatic carbocycles. The van der Waals surface area contributed by atoms with Gasteiger partial charge in [-0.1, -0.05) is 13.0 Å². The first kappa shape index (κ1) is 21.2. The zero-order valence-corrected chi connectivity index (χ0v) is 15.7. The van der Waals surface area contributed by atoms with Crippen LogP contribution < -0.4 is 9.47 Å². The third-order valence-electron chi connectivity index (χ3n) is 4.16. The molecule has 0 radical (unpaired) electrons. The van der Waals surface area contributed by atoms with Crippen molar-refractivity contribution in [2.45, 2.75) is 25.6 Å². The molecule has 27 heavy (non-hydrogen) atoms. The summed E-state index contributed by atoms with van der Waals surface area (Å²) in [5.41, 5.74) is 2.52. The Morgan fingerprint density at radius 3 is 2.67 bits per heavy atom. The SMILES string of the molecule is CCCOc1cc(-c2cncc(C(CO)CB(O)OBO)c2)ccc1OC. The van der Waals surface area contributed by atoms with E-state index in [0.29, 0.717) is 18.1 Å². The first-order chi connectivity index (χ1) is 13.1. The molecule has 0 saturated carbocycles. The fourth-order valence-corrected chi connectivity index (χ4v) is 2.73. The van der Waals surface area contributed by atoms with E-state index in [4.69, 9.17) is 19.1 Å². The molecule has 0 saturated heterocycles. The van der Waals surface area contributed by atoms with E-state index in [1.165, 1.54) is 0 Å². The third kappa shape index (κ3) is 5.97. The van der Waals surface area contributed by atoms with Crippen molar-refractivity contribution in [2.75, 3.05) is 20.3 Å². The summed E-state index contributed by atoms with van der Waals surface area (Å²) in [5, 5.41) is 28.1. The van der Waals surface area contributed by atoms with Gasteiger partial charge in [-0.15, -0.1) is 0 Å². The number of rotatable bonds is 11. The second kappa shape index (κ2) is 10.9. The van der Waals surface area contributed by atoms with Crippen molar-refractivity contribution in [1.82, 2.24) is 4.98 Å². The second-order valence-corrected chi connectivity index (χ2v) is 6.09. The van der Waals surface area contributed by atoms with Crippen LogP contribution in [0.15, 0.2) is 36.7 Å². The van der Waals surface area contributed by atoms with Gasteiger partial charge in [-0.3, -0.25) is 4.98 Å². The van der Waals surface area contributed by atoms with Gasteiger partial charge in [0, 0.05) is 30.5 Å². The summed E-state index contributed by atoms with van der Waals surface area (Å²) < 4.78 is 15.8. The maximum atomic E-state index is 9.73. The Labute approximate surface area is 160 Å². The van der Waals surface area contributed by atoms with Gasteiger partial charge in [-0.2, -0.15) is 0 Å². The van der Waals surface area contributed by atoms with E-state index < -0.39 is 14.8 Å². The largest absolute Gasteiger partial charge is 0.493 e. The van der Waals surface area contributed by atoms with Crippen molar-refractivity contribution < 1.29 is 29.2 Å². The van der Waals surface area contributed by atoms with E-state index >= 15 is 0 Å². The molecule has 0 amide bonds. The van der Waals surface area contributed by atoms with E-state index in [-0.39, 0.29) is 18.8 Å². The average Bonchev–Trinajstić information content (AvgIpc) is 2.70. The maximum Gasteiger partial charge on any atom is 0.440 e. The van der Waals surface area contributed by atoms with Gasteiger partial charge in [0.1, 0.15) is 0 Å². The Bertz CT molecular complexity index is 718. The van der Waals surface area contributed by atoms with Crippen LogP contribution in [0.3, 0.4) is 0 Å². The summed E-state index contributed by atoms with van der Waals surface area (Å²) in [6.45, 7) is 2.45. The number of hydrogen-bond donors (Lipinski definition) is 3. The summed E-state index contributed by atoms with van der Waals surface area (Å²) in [6.07, 6.45) is 4.41. The standard InChI is InChI=1S/C18H25B2NO6/c1-3-6-26-18-8-13(4-5-17(18)25-2)14-7-15(11-21-10-14)16(12-22)9-20(24)27-19-23/h4-5,7-8,10-11,16,19,22-24H,3,6,9,12H2,1-2H3. The van der Waals surface area contributed by atoms with Crippen LogP contribution in [0.1, 0.15) is 24.8 Å². The summed E-state index contributed by atoms with van der Waals surface area (Å²) in [4.78, 5) is 4.26. The van der Waals surface area contributed by atoms with Gasteiger partial charge in [-0.25, -0.2) is 0 Å². The highest BCUT2D eigenvalue weighted by atomic mass is 16.5. The van der Waals surface area contributed by atoms with E-state index in [1.807, 2.05) is 31.2 Å². The molecule has 144 valence electrons.